The van der Waals surface area contributed by atoms with Gasteiger partial charge in [0.25, 0.3) is 0 Å². The number of hydrogen-bond donors (Lipinski definition) is 1. The molecule has 1 amide bonds. The van der Waals surface area contributed by atoms with Crippen LogP contribution >= 0.6 is 0 Å². The highest BCUT2D eigenvalue weighted by Gasteiger charge is 2.24. The maximum atomic E-state index is 11.7. The molecule has 0 aromatic carbocycles. The van der Waals surface area contributed by atoms with Crippen molar-refractivity contribution in [2.24, 2.45) is 0 Å². The van der Waals surface area contributed by atoms with Gasteiger partial charge in [0.1, 0.15) is 5.60 Å². The number of aliphatic hydroxyl groups excluding tert-OH is 1. The van der Waals surface area contributed by atoms with Gasteiger partial charge in [-0.25, -0.2) is 4.79 Å². The van der Waals surface area contributed by atoms with E-state index in [9.17, 15) is 9.90 Å². The van der Waals surface area contributed by atoms with Crippen LogP contribution in [0.2, 0.25) is 0 Å². The van der Waals surface area contributed by atoms with Crippen LogP contribution in [0, 0.1) is 0 Å². The van der Waals surface area contributed by atoms with Crippen molar-refractivity contribution < 1.29 is 14.6 Å². The Kier molecular flexibility index (Phi) is 5.08. The normalized spacial score (nSPS) is 13.9. The van der Waals surface area contributed by atoms with Gasteiger partial charge in [0.05, 0.1) is 6.10 Å². The van der Waals surface area contributed by atoms with Crippen molar-refractivity contribution in [3.05, 3.63) is 0 Å². The second-order valence-corrected chi connectivity index (χ2v) is 5.08. The molecule has 0 bridgehead atoms. The van der Waals surface area contributed by atoms with Gasteiger partial charge in [0.2, 0.25) is 0 Å². The highest BCUT2D eigenvalue weighted by atomic mass is 16.6. The fourth-order valence-electron chi connectivity index (χ4n) is 1.10. The van der Waals surface area contributed by atoms with Gasteiger partial charge in [0, 0.05) is 12.6 Å². The Bertz CT molecular complexity index is 206. The van der Waals surface area contributed by atoms with E-state index in [1.165, 1.54) is 4.90 Å². The summed E-state index contributed by atoms with van der Waals surface area (Å²) < 4.78 is 5.24. The number of rotatable bonds is 3. The molecule has 0 radical (unpaired) electrons. The first-order chi connectivity index (χ1) is 6.63. The third-order valence-electron chi connectivity index (χ3n) is 1.71. The Balaban J connectivity index is 4.43. The Morgan fingerprint density at radius 2 is 1.80 bits per heavy atom. The molecule has 0 aliphatic rings. The van der Waals surface area contributed by atoms with Crippen LogP contribution in [-0.2, 0) is 4.74 Å². The Morgan fingerprint density at radius 3 is 2.07 bits per heavy atom. The molecule has 15 heavy (non-hydrogen) atoms. The maximum Gasteiger partial charge on any atom is 0.410 e. The van der Waals surface area contributed by atoms with Crippen molar-refractivity contribution in [3.8, 4) is 0 Å². The number of ether oxygens (including phenoxy) is 1. The summed E-state index contributed by atoms with van der Waals surface area (Å²) >= 11 is 0. The predicted molar refractivity (Wildman–Crippen MR) is 59.8 cm³/mol. The van der Waals surface area contributed by atoms with Crippen LogP contribution in [0.1, 0.15) is 41.5 Å². The molecule has 4 nitrogen and oxygen atoms in total. The quantitative estimate of drug-likeness (QED) is 0.786. The SMILES string of the molecule is CC(O)CN(C(=O)OC(C)(C)C)C(C)C. The second-order valence-electron chi connectivity index (χ2n) is 5.08. The van der Waals surface area contributed by atoms with Crippen molar-refractivity contribution in [1.82, 2.24) is 4.90 Å². The van der Waals surface area contributed by atoms with Gasteiger partial charge in [-0.1, -0.05) is 0 Å². The third-order valence-corrected chi connectivity index (χ3v) is 1.71. The summed E-state index contributed by atoms with van der Waals surface area (Å²) in [6.45, 7) is 11.2. The lowest BCUT2D eigenvalue weighted by Crippen LogP contribution is -2.44. The van der Waals surface area contributed by atoms with E-state index in [2.05, 4.69) is 0 Å². The van der Waals surface area contributed by atoms with Gasteiger partial charge in [-0.3, -0.25) is 0 Å². The third kappa shape index (κ3) is 6.33. The fraction of sp³-hybridized carbons (Fsp3) is 0.909. The molecule has 0 saturated heterocycles. The average Bonchev–Trinajstić information content (AvgIpc) is 1.95. The molecule has 1 atom stereocenters. The second kappa shape index (κ2) is 5.35. The van der Waals surface area contributed by atoms with E-state index in [0.717, 1.165) is 0 Å². The molecule has 0 saturated carbocycles. The standard InChI is InChI=1S/C11H23NO3/c1-8(2)12(7-9(3)13)10(14)15-11(4,5)6/h8-9,13H,7H2,1-6H3. The van der Waals surface area contributed by atoms with Gasteiger partial charge < -0.3 is 14.7 Å². The number of amides is 1. The summed E-state index contributed by atoms with van der Waals surface area (Å²) in [6, 6.07) is 0.0226. The molecule has 1 unspecified atom stereocenters. The Hall–Kier alpha value is -0.770. The molecule has 0 aromatic rings. The lowest BCUT2D eigenvalue weighted by atomic mass is 10.2. The van der Waals surface area contributed by atoms with E-state index in [1.54, 1.807) is 6.92 Å². The number of carbonyl (C=O) groups excluding carboxylic acids is 1. The number of nitrogens with zero attached hydrogens (tertiary/aromatic N) is 1. The van der Waals surface area contributed by atoms with Gasteiger partial charge in [-0.2, -0.15) is 0 Å². The van der Waals surface area contributed by atoms with Crippen LogP contribution in [0.15, 0.2) is 0 Å². The van der Waals surface area contributed by atoms with E-state index >= 15 is 0 Å². The Morgan fingerprint density at radius 1 is 1.33 bits per heavy atom. The van der Waals surface area contributed by atoms with Crippen LogP contribution < -0.4 is 0 Å². The minimum atomic E-state index is -0.542. The summed E-state index contributed by atoms with van der Waals surface area (Å²) in [7, 11) is 0. The number of hydrogen-bond acceptors (Lipinski definition) is 3. The Labute approximate surface area is 92.2 Å². The van der Waals surface area contributed by atoms with E-state index in [-0.39, 0.29) is 12.1 Å². The lowest BCUT2D eigenvalue weighted by molar-refractivity contribution is 0.00920. The smallest absolute Gasteiger partial charge is 0.410 e. The summed E-state index contributed by atoms with van der Waals surface area (Å²) in [5.41, 5.74) is -0.497. The van der Waals surface area contributed by atoms with Crippen molar-refractivity contribution in [1.29, 1.82) is 0 Å². The molecular weight excluding hydrogens is 194 g/mol. The molecule has 90 valence electrons. The number of aliphatic hydroxyl groups is 1. The van der Waals surface area contributed by atoms with Crippen molar-refractivity contribution in [2.75, 3.05) is 6.54 Å². The highest BCUT2D eigenvalue weighted by molar-refractivity contribution is 5.68. The summed E-state index contributed by atoms with van der Waals surface area (Å²) in [5.74, 6) is 0. The number of carbonyl (C=O) groups is 1. The first-order valence-electron chi connectivity index (χ1n) is 5.31. The molecule has 0 aliphatic heterocycles. The summed E-state index contributed by atoms with van der Waals surface area (Å²) in [6.07, 6.45) is -0.918. The molecule has 0 heterocycles. The predicted octanol–water partition coefficient (Wildman–Crippen LogP) is 2.01. The van der Waals surface area contributed by atoms with Crippen molar-refractivity contribution in [3.63, 3.8) is 0 Å². The highest BCUT2D eigenvalue weighted by Crippen LogP contribution is 2.12. The van der Waals surface area contributed by atoms with Crippen LogP contribution in [0.3, 0.4) is 0 Å². The average molecular weight is 217 g/mol. The molecule has 0 aliphatic carbocycles. The van der Waals surface area contributed by atoms with Crippen LogP contribution in [0.25, 0.3) is 0 Å². The molecular formula is C11H23NO3. The van der Waals surface area contributed by atoms with Crippen molar-refractivity contribution in [2.45, 2.75) is 59.3 Å². The maximum absolute atomic E-state index is 11.7. The van der Waals surface area contributed by atoms with E-state index < -0.39 is 11.7 Å². The minimum absolute atomic E-state index is 0.0226. The molecule has 0 fully saturated rings. The molecule has 0 rings (SSSR count). The molecule has 0 spiro atoms. The van der Waals surface area contributed by atoms with E-state index in [1.807, 2.05) is 34.6 Å². The van der Waals surface area contributed by atoms with E-state index in [0.29, 0.717) is 6.54 Å². The van der Waals surface area contributed by atoms with Gasteiger partial charge in [-0.05, 0) is 41.5 Å². The van der Waals surface area contributed by atoms with Crippen LogP contribution in [0.4, 0.5) is 4.79 Å². The molecule has 4 heteroatoms. The summed E-state index contributed by atoms with van der Waals surface area (Å²) in [4.78, 5) is 13.3. The first-order valence-corrected chi connectivity index (χ1v) is 5.31. The fourth-order valence-corrected chi connectivity index (χ4v) is 1.10. The minimum Gasteiger partial charge on any atom is -0.444 e. The zero-order chi connectivity index (χ0) is 12.2. The van der Waals surface area contributed by atoms with Crippen molar-refractivity contribution >= 4 is 6.09 Å². The monoisotopic (exact) mass is 217 g/mol. The zero-order valence-electron chi connectivity index (χ0n) is 10.6. The van der Waals surface area contributed by atoms with E-state index in [4.69, 9.17) is 4.74 Å². The lowest BCUT2D eigenvalue weighted by Gasteiger charge is -2.30. The van der Waals surface area contributed by atoms with Gasteiger partial charge >= 0.3 is 6.09 Å². The summed E-state index contributed by atoms with van der Waals surface area (Å²) in [5, 5.41) is 9.27. The topological polar surface area (TPSA) is 49.8 Å². The zero-order valence-corrected chi connectivity index (χ0v) is 10.6. The molecule has 0 aromatic heterocycles. The van der Waals surface area contributed by atoms with Crippen LogP contribution in [-0.4, -0.2) is 40.4 Å². The first kappa shape index (κ1) is 14.2. The van der Waals surface area contributed by atoms with Gasteiger partial charge in [-0.15, -0.1) is 0 Å². The largest absolute Gasteiger partial charge is 0.444 e. The van der Waals surface area contributed by atoms with Crippen LogP contribution in [0.5, 0.6) is 0 Å². The molecule has 1 N–H and O–H groups in total. The van der Waals surface area contributed by atoms with Gasteiger partial charge in [0.15, 0.2) is 0 Å².